The van der Waals surface area contributed by atoms with Gasteiger partial charge < -0.3 is 5.84 Å². The number of thiazole rings is 1. The van der Waals surface area contributed by atoms with Crippen LogP contribution in [0.15, 0.2) is 5.38 Å². The average Bonchev–Trinajstić information content (AvgIpc) is 1.98. The van der Waals surface area contributed by atoms with Crippen LogP contribution in [0.25, 0.3) is 0 Å². The number of hydrogen-bond donors (Lipinski definition) is 1. The maximum atomic E-state index is 5.42. The monoisotopic (exact) mass is 146 g/mol. The van der Waals surface area contributed by atoms with Gasteiger partial charge in [-0.25, -0.2) is 4.68 Å². The van der Waals surface area contributed by atoms with Gasteiger partial charge in [-0.15, -0.1) is 11.3 Å². The number of hydrogen-bond acceptors (Lipinski definition) is 3. The first-order chi connectivity index (χ1) is 3.72. The van der Waals surface area contributed by atoms with Gasteiger partial charge in [0.2, 0.25) is 0 Å². The molecule has 0 aliphatic rings. The van der Waals surface area contributed by atoms with Crippen molar-refractivity contribution in [3.05, 3.63) is 15.0 Å². The minimum Gasteiger partial charge on any atom is -0.337 e. The fourth-order valence-corrected chi connectivity index (χ4v) is 1.32. The molecule has 0 saturated heterocycles. The van der Waals surface area contributed by atoms with E-state index in [0.717, 1.165) is 9.65 Å². The van der Waals surface area contributed by atoms with Gasteiger partial charge >= 0.3 is 0 Å². The molecule has 0 spiro atoms. The molecular weight excluding hydrogens is 140 g/mol. The summed E-state index contributed by atoms with van der Waals surface area (Å²) in [4.78, 5) is 0. The molecule has 2 N–H and O–H groups in total. The topological polar surface area (TPSA) is 30.9 Å². The van der Waals surface area contributed by atoms with E-state index in [0.29, 0.717) is 0 Å². The second-order valence-corrected chi connectivity index (χ2v) is 3.02. The molecule has 1 aromatic heterocycles. The Hall–Kier alpha value is -0.350. The molecule has 8 heavy (non-hydrogen) atoms. The van der Waals surface area contributed by atoms with Gasteiger partial charge in [0.15, 0.2) is 3.95 Å². The molecule has 1 aromatic rings. The minimum absolute atomic E-state index is 0.725. The number of aryl methyl sites for hydroxylation is 1. The van der Waals surface area contributed by atoms with Gasteiger partial charge in [0, 0.05) is 11.1 Å². The van der Waals surface area contributed by atoms with E-state index in [9.17, 15) is 0 Å². The number of nitrogens with two attached hydrogens (primary N) is 1. The zero-order valence-corrected chi connectivity index (χ0v) is 6.05. The minimum atomic E-state index is 0.725. The molecule has 2 nitrogen and oxygen atoms in total. The molecule has 0 unspecified atom stereocenters. The van der Waals surface area contributed by atoms with Crippen molar-refractivity contribution in [3.8, 4) is 0 Å². The van der Waals surface area contributed by atoms with Crippen LogP contribution in [0.5, 0.6) is 0 Å². The standard InChI is InChI=1S/C4H6N2S2/c1-3-2-8-4(7)6(3)5/h2H,5H2,1H3. The van der Waals surface area contributed by atoms with E-state index in [1.165, 1.54) is 16.0 Å². The molecule has 0 aliphatic heterocycles. The number of rotatable bonds is 0. The molecule has 0 radical (unpaired) electrons. The summed E-state index contributed by atoms with van der Waals surface area (Å²) in [7, 11) is 0. The summed E-state index contributed by atoms with van der Waals surface area (Å²) in [6.07, 6.45) is 0. The van der Waals surface area contributed by atoms with Gasteiger partial charge in [-0.3, -0.25) is 0 Å². The lowest BCUT2D eigenvalue weighted by Crippen LogP contribution is -2.08. The maximum absolute atomic E-state index is 5.42. The fraction of sp³-hybridized carbons (Fsp3) is 0.250. The third-order valence-electron chi connectivity index (χ3n) is 0.907. The highest BCUT2D eigenvalue weighted by Crippen LogP contribution is 2.04. The van der Waals surface area contributed by atoms with Crippen LogP contribution < -0.4 is 5.84 Å². The Balaban J connectivity index is 3.41. The molecular formula is C4H6N2S2. The van der Waals surface area contributed by atoms with E-state index in [2.05, 4.69) is 0 Å². The van der Waals surface area contributed by atoms with Crippen LogP contribution in [-0.2, 0) is 0 Å². The summed E-state index contributed by atoms with van der Waals surface area (Å²) in [5, 5.41) is 1.93. The first-order valence-corrected chi connectivity index (χ1v) is 3.43. The van der Waals surface area contributed by atoms with Crippen LogP contribution in [0, 0.1) is 10.9 Å². The fourth-order valence-electron chi connectivity index (χ4n) is 0.393. The van der Waals surface area contributed by atoms with Crippen molar-refractivity contribution in [1.29, 1.82) is 0 Å². The second-order valence-electron chi connectivity index (χ2n) is 1.51. The van der Waals surface area contributed by atoms with Gasteiger partial charge in [-0.1, -0.05) is 0 Å². The van der Waals surface area contributed by atoms with Gasteiger partial charge in [0.1, 0.15) is 0 Å². The first kappa shape index (κ1) is 5.78. The average molecular weight is 146 g/mol. The first-order valence-electron chi connectivity index (χ1n) is 2.14. The Bertz CT molecular complexity index is 234. The lowest BCUT2D eigenvalue weighted by atomic mass is 10.6. The molecule has 1 heterocycles. The molecule has 0 aliphatic carbocycles. The van der Waals surface area contributed by atoms with Crippen molar-refractivity contribution < 1.29 is 0 Å². The van der Waals surface area contributed by atoms with E-state index in [1.807, 2.05) is 12.3 Å². The van der Waals surface area contributed by atoms with E-state index >= 15 is 0 Å². The van der Waals surface area contributed by atoms with Crippen LogP contribution in [0.1, 0.15) is 5.69 Å². The summed E-state index contributed by atoms with van der Waals surface area (Å²) >= 11 is 6.31. The molecule has 1 rings (SSSR count). The van der Waals surface area contributed by atoms with Crippen molar-refractivity contribution in [2.45, 2.75) is 6.92 Å². The quantitative estimate of drug-likeness (QED) is 0.442. The zero-order chi connectivity index (χ0) is 6.15. The molecule has 0 saturated carbocycles. The number of nitrogens with zero attached hydrogens (tertiary/aromatic N) is 1. The molecule has 0 bridgehead atoms. The van der Waals surface area contributed by atoms with E-state index in [-0.39, 0.29) is 0 Å². The molecule has 0 amide bonds. The highest BCUT2D eigenvalue weighted by atomic mass is 32.1. The van der Waals surface area contributed by atoms with Crippen LogP contribution in [0.4, 0.5) is 0 Å². The predicted octanol–water partition coefficient (Wildman–Crippen LogP) is 1.30. The SMILES string of the molecule is Cc1csc(=S)n1N. The van der Waals surface area contributed by atoms with Crippen LogP contribution in [0.2, 0.25) is 0 Å². The Kier molecular flexibility index (Phi) is 1.35. The van der Waals surface area contributed by atoms with Crippen molar-refractivity contribution in [3.63, 3.8) is 0 Å². The van der Waals surface area contributed by atoms with Crippen molar-refractivity contribution in [2.24, 2.45) is 0 Å². The lowest BCUT2D eigenvalue weighted by molar-refractivity contribution is 0.952. The van der Waals surface area contributed by atoms with Crippen LogP contribution in [-0.4, -0.2) is 4.68 Å². The molecule has 0 fully saturated rings. The Morgan fingerprint density at radius 3 is 2.62 bits per heavy atom. The summed E-state index contributed by atoms with van der Waals surface area (Å²) in [6.45, 7) is 1.92. The predicted molar refractivity (Wildman–Crippen MR) is 38.0 cm³/mol. The van der Waals surface area contributed by atoms with Crippen LogP contribution in [0.3, 0.4) is 0 Å². The molecule has 44 valence electrons. The third kappa shape index (κ3) is 0.763. The van der Waals surface area contributed by atoms with Crippen molar-refractivity contribution in [2.75, 3.05) is 5.84 Å². The van der Waals surface area contributed by atoms with Gasteiger partial charge in [-0.2, -0.15) is 0 Å². The Morgan fingerprint density at radius 1 is 1.88 bits per heavy atom. The summed E-state index contributed by atoms with van der Waals surface area (Å²) < 4.78 is 2.22. The molecule has 0 atom stereocenters. The van der Waals surface area contributed by atoms with E-state index < -0.39 is 0 Å². The van der Waals surface area contributed by atoms with Gasteiger partial charge in [-0.05, 0) is 19.1 Å². The van der Waals surface area contributed by atoms with Crippen molar-refractivity contribution in [1.82, 2.24) is 4.68 Å². The number of nitrogen functional groups attached to an aromatic ring is 1. The lowest BCUT2D eigenvalue weighted by Gasteiger charge is -1.89. The zero-order valence-electron chi connectivity index (χ0n) is 4.42. The third-order valence-corrected chi connectivity index (χ3v) is 2.25. The van der Waals surface area contributed by atoms with E-state index in [1.54, 1.807) is 0 Å². The van der Waals surface area contributed by atoms with Gasteiger partial charge in [0.05, 0.1) is 0 Å². The largest absolute Gasteiger partial charge is 0.337 e. The van der Waals surface area contributed by atoms with Crippen molar-refractivity contribution >= 4 is 23.6 Å². The normalized spacial score (nSPS) is 9.62. The Morgan fingerprint density at radius 2 is 2.50 bits per heavy atom. The Labute approximate surface area is 56.5 Å². The van der Waals surface area contributed by atoms with Gasteiger partial charge in [0.25, 0.3) is 0 Å². The highest BCUT2D eigenvalue weighted by molar-refractivity contribution is 7.73. The summed E-state index contributed by atoms with van der Waals surface area (Å²) in [5.74, 6) is 5.42. The summed E-state index contributed by atoms with van der Waals surface area (Å²) in [6, 6.07) is 0. The smallest absolute Gasteiger partial charge is 0.179 e. The number of aromatic nitrogens is 1. The van der Waals surface area contributed by atoms with E-state index in [4.69, 9.17) is 18.1 Å². The maximum Gasteiger partial charge on any atom is 0.179 e. The molecule has 0 aromatic carbocycles. The van der Waals surface area contributed by atoms with Crippen LogP contribution >= 0.6 is 23.6 Å². The second kappa shape index (κ2) is 1.87. The molecule has 4 heteroatoms. The summed E-state index contributed by atoms with van der Waals surface area (Å²) in [5.41, 5.74) is 1.01. The highest BCUT2D eigenvalue weighted by Gasteiger charge is 1.90.